The number of rotatable bonds is 4. The monoisotopic (exact) mass is 292 g/mol. The highest BCUT2D eigenvalue weighted by atomic mass is 19.1. The summed E-state index contributed by atoms with van der Waals surface area (Å²) in [6.07, 6.45) is 1.88. The van der Waals surface area contributed by atoms with Gasteiger partial charge in [0.25, 0.3) is 0 Å². The summed E-state index contributed by atoms with van der Waals surface area (Å²) in [5.41, 5.74) is 1.81. The van der Waals surface area contributed by atoms with Crippen LogP contribution in [-0.4, -0.2) is 7.11 Å². The van der Waals surface area contributed by atoms with E-state index >= 15 is 0 Å². The Kier molecular flexibility index (Phi) is 4.19. The van der Waals surface area contributed by atoms with E-state index < -0.39 is 0 Å². The zero-order chi connectivity index (χ0) is 15.4. The van der Waals surface area contributed by atoms with Crippen LogP contribution in [0.5, 0.6) is 5.75 Å². The van der Waals surface area contributed by atoms with Crippen molar-refractivity contribution in [1.82, 2.24) is 0 Å². The van der Waals surface area contributed by atoms with Gasteiger partial charge in [-0.3, -0.25) is 0 Å². The van der Waals surface area contributed by atoms with Gasteiger partial charge in [0.15, 0.2) is 0 Å². The third kappa shape index (κ3) is 3.34. The maximum atomic E-state index is 14.2. The van der Waals surface area contributed by atoms with Crippen LogP contribution in [0.15, 0.2) is 72.6 Å². The number of halogens is 1. The van der Waals surface area contributed by atoms with Crippen molar-refractivity contribution in [2.75, 3.05) is 7.11 Å². The summed E-state index contributed by atoms with van der Waals surface area (Å²) in [6, 6.07) is 21.5. The molecule has 0 saturated heterocycles. The summed E-state index contributed by atoms with van der Waals surface area (Å²) in [5.74, 6) is 0.628. The van der Waals surface area contributed by atoms with Crippen molar-refractivity contribution in [3.8, 4) is 5.75 Å². The average Bonchev–Trinajstić information content (AvgIpc) is 2.55. The van der Waals surface area contributed by atoms with E-state index in [1.54, 1.807) is 13.2 Å². The minimum absolute atomic E-state index is 0.152. The predicted octanol–water partition coefficient (Wildman–Crippen LogP) is 5.40. The Hall–Kier alpha value is -2.61. The van der Waals surface area contributed by atoms with Crippen LogP contribution in [0.2, 0.25) is 0 Å². The highest BCUT2D eigenvalue weighted by molar-refractivity contribution is 5.84. The molecule has 0 aliphatic carbocycles. The molecule has 0 saturated carbocycles. The molecular formula is C20H17FO. The van der Waals surface area contributed by atoms with Gasteiger partial charge in [-0.15, -0.1) is 0 Å². The van der Waals surface area contributed by atoms with Crippen LogP contribution in [0.1, 0.15) is 11.1 Å². The van der Waals surface area contributed by atoms with Gasteiger partial charge in [-0.25, -0.2) is 4.39 Å². The molecule has 0 fully saturated rings. The van der Waals surface area contributed by atoms with Crippen LogP contribution in [-0.2, 0) is 6.42 Å². The van der Waals surface area contributed by atoms with E-state index in [4.69, 9.17) is 4.74 Å². The van der Waals surface area contributed by atoms with Crippen molar-refractivity contribution >= 4 is 16.8 Å². The van der Waals surface area contributed by atoms with Crippen LogP contribution < -0.4 is 4.74 Å². The lowest BCUT2D eigenvalue weighted by Gasteiger charge is -2.03. The smallest absolute Gasteiger partial charge is 0.118 e. The van der Waals surface area contributed by atoms with Crippen molar-refractivity contribution < 1.29 is 9.13 Å². The average molecular weight is 292 g/mol. The zero-order valence-electron chi connectivity index (χ0n) is 12.4. The summed E-state index contributed by atoms with van der Waals surface area (Å²) in [5, 5.41) is 2.28. The van der Waals surface area contributed by atoms with E-state index in [0.29, 0.717) is 0 Å². The normalized spacial score (nSPS) is 11.6. The minimum atomic E-state index is -0.152. The molecule has 0 heterocycles. The van der Waals surface area contributed by atoms with Crippen LogP contribution in [0.3, 0.4) is 0 Å². The standard InChI is InChI=1S/C20H17FO/c1-22-20-10-7-15(8-11-20)13-19(21)14-16-6-9-17-4-2-3-5-18(17)12-16/h2-12,14H,13H2,1H3/b19-14-. The van der Waals surface area contributed by atoms with Crippen LogP contribution in [0.25, 0.3) is 16.8 Å². The molecule has 2 heteroatoms. The van der Waals surface area contributed by atoms with Crippen molar-refractivity contribution in [3.05, 3.63) is 83.7 Å². The number of methoxy groups -OCH3 is 1. The molecule has 110 valence electrons. The summed E-state index contributed by atoms with van der Waals surface area (Å²) in [7, 11) is 1.62. The maximum absolute atomic E-state index is 14.2. The fourth-order valence-electron chi connectivity index (χ4n) is 2.47. The quantitative estimate of drug-likeness (QED) is 0.625. The summed E-state index contributed by atoms with van der Waals surface area (Å²) in [4.78, 5) is 0. The summed E-state index contributed by atoms with van der Waals surface area (Å²) in [6.45, 7) is 0. The van der Waals surface area contributed by atoms with Gasteiger partial charge in [0.05, 0.1) is 7.11 Å². The highest BCUT2D eigenvalue weighted by Crippen LogP contribution is 2.20. The molecule has 1 nitrogen and oxygen atoms in total. The molecule has 0 radical (unpaired) electrons. The Balaban J connectivity index is 1.79. The van der Waals surface area contributed by atoms with E-state index in [0.717, 1.165) is 27.6 Å². The molecule has 3 aromatic carbocycles. The third-order valence-electron chi connectivity index (χ3n) is 3.63. The fraction of sp³-hybridized carbons (Fsp3) is 0.100. The van der Waals surface area contributed by atoms with Gasteiger partial charge < -0.3 is 4.74 Å². The van der Waals surface area contributed by atoms with Crippen LogP contribution in [0.4, 0.5) is 4.39 Å². The van der Waals surface area contributed by atoms with E-state index in [1.165, 1.54) is 0 Å². The number of fused-ring (bicyclic) bond motifs is 1. The van der Waals surface area contributed by atoms with Crippen molar-refractivity contribution in [1.29, 1.82) is 0 Å². The Morgan fingerprint density at radius 1 is 0.955 bits per heavy atom. The maximum Gasteiger partial charge on any atom is 0.118 e. The molecule has 0 aliphatic rings. The topological polar surface area (TPSA) is 9.23 Å². The first-order valence-electron chi connectivity index (χ1n) is 7.22. The number of benzene rings is 3. The molecule has 0 aliphatic heterocycles. The number of ether oxygens (including phenoxy) is 1. The van der Waals surface area contributed by atoms with Gasteiger partial charge in [-0.05, 0) is 46.2 Å². The Morgan fingerprint density at radius 3 is 2.41 bits per heavy atom. The lowest BCUT2D eigenvalue weighted by Crippen LogP contribution is -1.87. The van der Waals surface area contributed by atoms with Gasteiger partial charge in [-0.2, -0.15) is 0 Å². The molecule has 3 aromatic rings. The number of allylic oxidation sites excluding steroid dienone is 1. The van der Waals surface area contributed by atoms with E-state index in [1.807, 2.05) is 60.7 Å². The Bertz CT molecular complexity index is 803. The fourth-order valence-corrected chi connectivity index (χ4v) is 2.47. The molecule has 0 spiro atoms. The molecule has 0 N–H and O–H groups in total. The van der Waals surface area contributed by atoms with Crippen LogP contribution >= 0.6 is 0 Å². The molecule has 0 atom stereocenters. The summed E-state index contributed by atoms with van der Waals surface area (Å²) < 4.78 is 19.3. The second kappa shape index (κ2) is 6.44. The van der Waals surface area contributed by atoms with Crippen molar-refractivity contribution in [3.63, 3.8) is 0 Å². The third-order valence-corrected chi connectivity index (χ3v) is 3.63. The first kappa shape index (κ1) is 14.3. The molecular weight excluding hydrogens is 275 g/mol. The second-order valence-corrected chi connectivity index (χ2v) is 5.22. The van der Waals surface area contributed by atoms with Gasteiger partial charge in [-0.1, -0.05) is 48.5 Å². The predicted molar refractivity (Wildman–Crippen MR) is 89.7 cm³/mol. The Morgan fingerprint density at radius 2 is 1.68 bits per heavy atom. The zero-order valence-corrected chi connectivity index (χ0v) is 12.4. The van der Waals surface area contributed by atoms with Gasteiger partial charge in [0.2, 0.25) is 0 Å². The van der Waals surface area contributed by atoms with Gasteiger partial charge >= 0.3 is 0 Å². The molecule has 0 aromatic heterocycles. The number of hydrogen-bond donors (Lipinski definition) is 0. The van der Waals surface area contributed by atoms with Crippen LogP contribution in [0, 0.1) is 0 Å². The highest BCUT2D eigenvalue weighted by Gasteiger charge is 2.01. The second-order valence-electron chi connectivity index (χ2n) is 5.22. The Labute approximate surface area is 129 Å². The molecule has 0 bridgehead atoms. The SMILES string of the molecule is COc1ccc(C/C(F)=C/c2ccc3ccccc3c2)cc1. The van der Waals surface area contributed by atoms with Crippen molar-refractivity contribution in [2.24, 2.45) is 0 Å². The van der Waals surface area contributed by atoms with Crippen molar-refractivity contribution in [2.45, 2.75) is 6.42 Å². The van der Waals surface area contributed by atoms with Gasteiger partial charge in [0, 0.05) is 6.42 Å². The summed E-state index contributed by atoms with van der Waals surface area (Å²) >= 11 is 0. The lowest BCUT2D eigenvalue weighted by molar-refractivity contribution is 0.414. The van der Waals surface area contributed by atoms with E-state index in [-0.39, 0.29) is 12.2 Å². The number of hydrogen-bond acceptors (Lipinski definition) is 1. The van der Waals surface area contributed by atoms with E-state index in [9.17, 15) is 4.39 Å². The minimum Gasteiger partial charge on any atom is -0.497 e. The van der Waals surface area contributed by atoms with E-state index in [2.05, 4.69) is 6.07 Å². The molecule has 22 heavy (non-hydrogen) atoms. The van der Waals surface area contributed by atoms with Gasteiger partial charge in [0.1, 0.15) is 11.6 Å². The largest absolute Gasteiger partial charge is 0.497 e. The first-order valence-corrected chi connectivity index (χ1v) is 7.22. The molecule has 0 unspecified atom stereocenters. The molecule has 3 rings (SSSR count). The first-order chi connectivity index (χ1) is 10.7. The lowest BCUT2D eigenvalue weighted by atomic mass is 10.1. The molecule has 0 amide bonds.